The first-order chi connectivity index (χ1) is 7.90. The normalized spacial score (nSPS) is 13.8. The second-order valence-electron chi connectivity index (χ2n) is 5.00. The molecule has 0 radical (unpaired) electrons. The standard InChI is InChI=1S/C13H20BrFN2/c1-4-13(2,3)12(17-16)7-9-5-6-10(15)8-11(9)14/h5-6,8,12,17H,4,7,16H2,1-3H3. The van der Waals surface area contributed by atoms with Crippen LogP contribution < -0.4 is 11.3 Å². The van der Waals surface area contributed by atoms with E-state index in [2.05, 4.69) is 42.1 Å². The van der Waals surface area contributed by atoms with Gasteiger partial charge in [-0.3, -0.25) is 11.3 Å². The molecule has 4 heteroatoms. The van der Waals surface area contributed by atoms with E-state index in [0.717, 1.165) is 22.9 Å². The largest absolute Gasteiger partial charge is 0.271 e. The molecule has 0 fully saturated rings. The molecule has 0 saturated heterocycles. The maximum atomic E-state index is 13.0. The van der Waals surface area contributed by atoms with E-state index in [1.54, 1.807) is 6.07 Å². The van der Waals surface area contributed by atoms with Gasteiger partial charge in [-0.2, -0.15) is 0 Å². The molecular formula is C13H20BrFN2. The maximum absolute atomic E-state index is 13.0. The summed E-state index contributed by atoms with van der Waals surface area (Å²) in [7, 11) is 0. The van der Waals surface area contributed by atoms with E-state index >= 15 is 0 Å². The molecule has 1 aromatic rings. The highest BCUT2D eigenvalue weighted by Crippen LogP contribution is 2.29. The van der Waals surface area contributed by atoms with Crippen LogP contribution in [0.2, 0.25) is 0 Å². The van der Waals surface area contributed by atoms with Gasteiger partial charge in [0.2, 0.25) is 0 Å². The van der Waals surface area contributed by atoms with E-state index < -0.39 is 0 Å². The Balaban J connectivity index is 2.88. The van der Waals surface area contributed by atoms with Crippen molar-refractivity contribution in [1.29, 1.82) is 0 Å². The third-order valence-electron chi connectivity index (χ3n) is 3.49. The maximum Gasteiger partial charge on any atom is 0.124 e. The number of rotatable bonds is 5. The Kier molecular flexibility index (Phi) is 5.10. The van der Waals surface area contributed by atoms with Crippen molar-refractivity contribution in [3.05, 3.63) is 34.1 Å². The van der Waals surface area contributed by atoms with Crippen molar-refractivity contribution in [2.75, 3.05) is 0 Å². The van der Waals surface area contributed by atoms with Gasteiger partial charge in [0, 0.05) is 10.5 Å². The molecule has 1 aromatic carbocycles. The minimum Gasteiger partial charge on any atom is -0.271 e. The molecule has 0 aliphatic heterocycles. The van der Waals surface area contributed by atoms with Crippen molar-refractivity contribution in [2.45, 2.75) is 39.7 Å². The molecule has 0 saturated carbocycles. The number of hydrogen-bond donors (Lipinski definition) is 2. The highest BCUT2D eigenvalue weighted by molar-refractivity contribution is 9.10. The monoisotopic (exact) mass is 302 g/mol. The van der Waals surface area contributed by atoms with Crippen LogP contribution in [-0.4, -0.2) is 6.04 Å². The first-order valence-electron chi connectivity index (χ1n) is 5.80. The Labute approximate surface area is 111 Å². The Morgan fingerprint density at radius 2 is 2.12 bits per heavy atom. The number of halogens is 2. The van der Waals surface area contributed by atoms with Crippen LogP contribution in [0.4, 0.5) is 4.39 Å². The summed E-state index contributed by atoms with van der Waals surface area (Å²) in [6.45, 7) is 6.49. The van der Waals surface area contributed by atoms with Crippen LogP contribution in [0, 0.1) is 11.2 Å². The molecule has 17 heavy (non-hydrogen) atoms. The molecule has 0 bridgehead atoms. The summed E-state index contributed by atoms with van der Waals surface area (Å²) in [5.74, 6) is 5.39. The van der Waals surface area contributed by atoms with Gasteiger partial charge in [0.05, 0.1) is 0 Å². The van der Waals surface area contributed by atoms with Crippen molar-refractivity contribution in [3.63, 3.8) is 0 Å². The quantitative estimate of drug-likeness (QED) is 0.646. The predicted octanol–water partition coefficient (Wildman–Crippen LogP) is 3.40. The van der Waals surface area contributed by atoms with Crippen LogP contribution in [0.3, 0.4) is 0 Å². The second-order valence-corrected chi connectivity index (χ2v) is 5.86. The van der Waals surface area contributed by atoms with Crippen LogP contribution in [0.1, 0.15) is 32.8 Å². The van der Waals surface area contributed by atoms with Gasteiger partial charge in [0.25, 0.3) is 0 Å². The number of benzene rings is 1. The SMILES string of the molecule is CCC(C)(C)C(Cc1ccc(F)cc1Br)NN. The van der Waals surface area contributed by atoms with Gasteiger partial charge >= 0.3 is 0 Å². The number of hydrogen-bond acceptors (Lipinski definition) is 2. The summed E-state index contributed by atoms with van der Waals surface area (Å²) in [5.41, 5.74) is 4.03. The number of nitrogens with two attached hydrogens (primary N) is 1. The molecule has 96 valence electrons. The second kappa shape index (κ2) is 5.94. The van der Waals surface area contributed by atoms with Crippen molar-refractivity contribution in [2.24, 2.45) is 11.3 Å². The minimum atomic E-state index is -0.229. The fourth-order valence-electron chi connectivity index (χ4n) is 1.71. The molecule has 0 amide bonds. The van der Waals surface area contributed by atoms with Gasteiger partial charge in [0.1, 0.15) is 5.82 Å². The average Bonchev–Trinajstić information content (AvgIpc) is 2.27. The smallest absolute Gasteiger partial charge is 0.124 e. The molecule has 1 atom stereocenters. The Hall–Kier alpha value is -0.450. The molecular weight excluding hydrogens is 283 g/mol. The van der Waals surface area contributed by atoms with E-state index in [-0.39, 0.29) is 17.3 Å². The molecule has 0 heterocycles. The lowest BCUT2D eigenvalue weighted by atomic mass is 9.79. The zero-order valence-corrected chi connectivity index (χ0v) is 12.1. The van der Waals surface area contributed by atoms with E-state index in [4.69, 9.17) is 5.84 Å². The summed E-state index contributed by atoms with van der Waals surface area (Å²) in [6, 6.07) is 4.93. The first-order valence-corrected chi connectivity index (χ1v) is 6.60. The summed E-state index contributed by atoms with van der Waals surface area (Å²) < 4.78 is 13.8. The predicted molar refractivity (Wildman–Crippen MR) is 73.0 cm³/mol. The third-order valence-corrected chi connectivity index (χ3v) is 4.23. The van der Waals surface area contributed by atoms with Crippen LogP contribution >= 0.6 is 15.9 Å². The zero-order valence-electron chi connectivity index (χ0n) is 10.6. The summed E-state index contributed by atoms with van der Waals surface area (Å²) >= 11 is 3.38. The third kappa shape index (κ3) is 3.76. The zero-order chi connectivity index (χ0) is 13.1. The lowest BCUT2D eigenvalue weighted by Crippen LogP contribution is -2.47. The summed E-state index contributed by atoms with van der Waals surface area (Å²) in [6.07, 6.45) is 1.80. The minimum absolute atomic E-state index is 0.0998. The summed E-state index contributed by atoms with van der Waals surface area (Å²) in [4.78, 5) is 0. The van der Waals surface area contributed by atoms with Crippen molar-refractivity contribution < 1.29 is 4.39 Å². The molecule has 0 aliphatic rings. The van der Waals surface area contributed by atoms with Gasteiger partial charge in [-0.05, 0) is 36.0 Å². The van der Waals surface area contributed by atoms with Crippen LogP contribution in [0.5, 0.6) is 0 Å². The molecule has 0 aromatic heterocycles. The fraction of sp³-hybridized carbons (Fsp3) is 0.538. The van der Waals surface area contributed by atoms with E-state index in [9.17, 15) is 4.39 Å². The Morgan fingerprint density at radius 1 is 1.47 bits per heavy atom. The van der Waals surface area contributed by atoms with Crippen molar-refractivity contribution >= 4 is 15.9 Å². The van der Waals surface area contributed by atoms with Gasteiger partial charge in [0.15, 0.2) is 0 Å². The molecule has 0 spiro atoms. The van der Waals surface area contributed by atoms with Crippen LogP contribution in [0.25, 0.3) is 0 Å². The molecule has 1 unspecified atom stereocenters. The highest BCUT2D eigenvalue weighted by Gasteiger charge is 2.27. The van der Waals surface area contributed by atoms with Gasteiger partial charge in [-0.25, -0.2) is 4.39 Å². The fourth-order valence-corrected chi connectivity index (χ4v) is 2.23. The van der Waals surface area contributed by atoms with E-state index in [1.807, 2.05) is 0 Å². The Bertz CT molecular complexity index is 380. The highest BCUT2D eigenvalue weighted by atomic mass is 79.9. The first kappa shape index (κ1) is 14.6. The van der Waals surface area contributed by atoms with E-state index in [1.165, 1.54) is 12.1 Å². The molecule has 2 nitrogen and oxygen atoms in total. The Morgan fingerprint density at radius 3 is 2.59 bits per heavy atom. The number of hydrazine groups is 1. The van der Waals surface area contributed by atoms with Gasteiger partial charge in [-0.1, -0.05) is 42.8 Å². The topological polar surface area (TPSA) is 38.0 Å². The van der Waals surface area contributed by atoms with Crippen LogP contribution in [0.15, 0.2) is 22.7 Å². The molecule has 3 N–H and O–H groups in total. The van der Waals surface area contributed by atoms with Crippen molar-refractivity contribution in [3.8, 4) is 0 Å². The van der Waals surface area contributed by atoms with Gasteiger partial charge in [-0.15, -0.1) is 0 Å². The van der Waals surface area contributed by atoms with Gasteiger partial charge < -0.3 is 0 Å². The molecule has 0 aliphatic carbocycles. The van der Waals surface area contributed by atoms with Crippen LogP contribution in [-0.2, 0) is 6.42 Å². The molecule has 1 rings (SSSR count). The lowest BCUT2D eigenvalue weighted by Gasteiger charge is -2.33. The van der Waals surface area contributed by atoms with E-state index in [0.29, 0.717) is 0 Å². The lowest BCUT2D eigenvalue weighted by molar-refractivity contribution is 0.231. The average molecular weight is 303 g/mol. The summed E-state index contributed by atoms with van der Waals surface area (Å²) in [5, 5.41) is 0. The van der Waals surface area contributed by atoms with Crippen molar-refractivity contribution in [1.82, 2.24) is 5.43 Å². The number of nitrogens with one attached hydrogen (secondary N) is 1.